The molecule has 0 aromatic heterocycles. The van der Waals surface area contributed by atoms with Crippen LogP contribution < -0.4 is 0 Å². The number of hydrogen-bond donors (Lipinski definition) is 1. The smallest absolute Gasteiger partial charge is 0.0809 e. The van der Waals surface area contributed by atoms with E-state index in [0.717, 1.165) is 32.1 Å². The van der Waals surface area contributed by atoms with Gasteiger partial charge in [-0.05, 0) is 31.2 Å². The van der Waals surface area contributed by atoms with Gasteiger partial charge in [-0.3, -0.25) is 0 Å². The molecule has 116 valence electrons. The Balaban J connectivity index is 1.88. The Bertz CT molecular complexity index is 426. The van der Waals surface area contributed by atoms with Crippen LogP contribution in [-0.4, -0.2) is 23.4 Å². The molecule has 1 aromatic rings. The number of aliphatic hydroxyl groups is 1. The van der Waals surface area contributed by atoms with Crippen LogP contribution in [0.15, 0.2) is 42.5 Å². The summed E-state index contributed by atoms with van der Waals surface area (Å²) in [5, 5.41) is 10.3. The summed E-state index contributed by atoms with van der Waals surface area (Å²) in [6.45, 7) is 4.26. The van der Waals surface area contributed by atoms with Gasteiger partial charge in [0.1, 0.15) is 0 Å². The van der Waals surface area contributed by atoms with E-state index in [1.165, 1.54) is 5.56 Å². The first-order valence-electron chi connectivity index (χ1n) is 8.24. The molecule has 21 heavy (non-hydrogen) atoms. The van der Waals surface area contributed by atoms with Gasteiger partial charge in [0.25, 0.3) is 0 Å². The summed E-state index contributed by atoms with van der Waals surface area (Å²) in [5.74, 6) is 0.186. The van der Waals surface area contributed by atoms with Crippen LogP contribution in [-0.2, 0) is 11.2 Å². The summed E-state index contributed by atoms with van der Waals surface area (Å²) < 4.78 is 6.19. The summed E-state index contributed by atoms with van der Waals surface area (Å²) in [5.41, 5.74) is 1.34. The zero-order valence-corrected chi connectivity index (χ0v) is 13.2. The normalized spacial score (nSPS) is 29.9. The molecule has 1 aliphatic heterocycles. The maximum atomic E-state index is 10.3. The summed E-state index contributed by atoms with van der Waals surface area (Å²) in [6, 6.07) is 10.5. The fourth-order valence-corrected chi connectivity index (χ4v) is 2.88. The van der Waals surface area contributed by atoms with E-state index < -0.39 is 0 Å². The Morgan fingerprint density at radius 3 is 2.76 bits per heavy atom. The molecule has 0 amide bonds. The Morgan fingerprint density at radius 2 is 2.05 bits per heavy atom. The van der Waals surface area contributed by atoms with Gasteiger partial charge in [-0.25, -0.2) is 0 Å². The molecule has 0 spiro atoms. The Morgan fingerprint density at radius 1 is 1.29 bits per heavy atom. The zero-order valence-electron chi connectivity index (χ0n) is 13.2. The number of ether oxygens (including phenoxy) is 1. The third-order valence-electron chi connectivity index (χ3n) is 4.36. The number of rotatable bonds is 6. The second kappa shape index (κ2) is 8.35. The summed E-state index contributed by atoms with van der Waals surface area (Å²) in [6.07, 6.45) is 9.27. The van der Waals surface area contributed by atoms with Gasteiger partial charge >= 0.3 is 0 Å². The van der Waals surface area contributed by atoms with Crippen molar-refractivity contribution in [2.45, 2.75) is 64.3 Å². The number of allylic oxidation sites excluding steroid dienone is 1. The molecule has 4 atom stereocenters. The fraction of sp³-hybridized carbons (Fsp3) is 0.579. The maximum absolute atomic E-state index is 10.3. The van der Waals surface area contributed by atoms with Crippen molar-refractivity contribution in [2.24, 2.45) is 5.92 Å². The largest absolute Gasteiger partial charge is 0.393 e. The molecule has 1 aromatic carbocycles. The summed E-state index contributed by atoms with van der Waals surface area (Å²) >= 11 is 0. The van der Waals surface area contributed by atoms with Gasteiger partial charge in [-0.2, -0.15) is 0 Å². The maximum Gasteiger partial charge on any atom is 0.0809 e. The van der Waals surface area contributed by atoms with Crippen molar-refractivity contribution >= 4 is 0 Å². The van der Waals surface area contributed by atoms with Gasteiger partial charge in [-0.1, -0.05) is 62.8 Å². The molecule has 0 saturated carbocycles. The first-order valence-corrected chi connectivity index (χ1v) is 8.24. The molecule has 2 heteroatoms. The van der Waals surface area contributed by atoms with Crippen LogP contribution in [0.1, 0.15) is 45.1 Å². The molecule has 0 unspecified atom stereocenters. The molecular formula is C19H28O2. The highest BCUT2D eigenvalue weighted by atomic mass is 16.5. The van der Waals surface area contributed by atoms with Crippen molar-refractivity contribution in [3.05, 3.63) is 48.0 Å². The number of aliphatic hydroxyl groups excluding tert-OH is 1. The molecule has 1 saturated heterocycles. The summed E-state index contributed by atoms with van der Waals surface area (Å²) in [4.78, 5) is 0. The van der Waals surface area contributed by atoms with E-state index in [1.807, 2.05) is 6.07 Å². The lowest BCUT2D eigenvalue weighted by Crippen LogP contribution is -2.42. The van der Waals surface area contributed by atoms with Crippen LogP contribution in [0.4, 0.5) is 0 Å². The van der Waals surface area contributed by atoms with Gasteiger partial charge in [-0.15, -0.1) is 0 Å². The molecule has 2 rings (SSSR count). The van der Waals surface area contributed by atoms with E-state index in [-0.39, 0.29) is 24.2 Å². The van der Waals surface area contributed by atoms with Gasteiger partial charge < -0.3 is 9.84 Å². The molecule has 1 N–H and O–H groups in total. The van der Waals surface area contributed by atoms with Crippen LogP contribution in [0.5, 0.6) is 0 Å². The molecule has 1 aliphatic rings. The highest BCUT2D eigenvalue weighted by Gasteiger charge is 2.33. The average Bonchev–Trinajstić information content (AvgIpc) is 2.51. The third kappa shape index (κ3) is 4.98. The molecule has 1 heterocycles. The highest BCUT2D eigenvalue weighted by Crippen LogP contribution is 2.28. The lowest BCUT2D eigenvalue weighted by Gasteiger charge is -2.37. The summed E-state index contributed by atoms with van der Waals surface area (Å²) in [7, 11) is 0. The predicted octanol–water partition coefficient (Wildman–Crippen LogP) is 4.13. The van der Waals surface area contributed by atoms with Crippen molar-refractivity contribution in [1.82, 2.24) is 0 Å². The third-order valence-corrected chi connectivity index (χ3v) is 4.36. The van der Waals surface area contributed by atoms with E-state index in [4.69, 9.17) is 4.74 Å². The standard InChI is InChI=1S/C19H28O2/c1-3-4-6-11-19-15(2)18(20)14-17(21-19)13-12-16-9-7-5-8-10-16/h5-11,15,17-20H,3-4,12-14H2,1-2H3/b11-6+/t15-,17-,18+,19+/m1/s1. The zero-order chi connectivity index (χ0) is 15.1. The van der Waals surface area contributed by atoms with Gasteiger partial charge in [0, 0.05) is 5.92 Å². The second-order valence-electron chi connectivity index (χ2n) is 6.13. The SMILES string of the molecule is CCC/C=C/[C@@H]1O[C@H](CCc2ccccc2)C[C@H](O)[C@H]1C. The van der Waals surface area contributed by atoms with Gasteiger partial charge in [0.05, 0.1) is 18.3 Å². The number of unbranched alkanes of at least 4 members (excludes halogenated alkanes) is 1. The van der Waals surface area contributed by atoms with Crippen LogP contribution in [0.3, 0.4) is 0 Å². The highest BCUT2D eigenvalue weighted by molar-refractivity contribution is 5.14. The lowest BCUT2D eigenvalue weighted by atomic mass is 9.88. The van der Waals surface area contributed by atoms with E-state index in [1.54, 1.807) is 0 Å². The van der Waals surface area contributed by atoms with Gasteiger partial charge in [0.2, 0.25) is 0 Å². The fourth-order valence-electron chi connectivity index (χ4n) is 2.88. The van der Waals surface area contributed by atoms with Crippen LogP contribution in [0.25, 0.3) is 0 Å². The Hall–Kier alpha value is -1.12. The van der Waals surface area contributed by atoms with Crippen molar-refractivity contribution in [2.75, 3.05) is 0 Å². The molecule has 1 fully saturated rings. The molecule has 0 radical (unpaired) electrons. The molecule has 0 bridgehead atoms. The monoisotopic (exact) mass is 288 g/mol. The van der Waals surface area contributed by atoms with E-state index in [2.05, 4.69) is 50.3 Å². The first-order chi connectivity index (χ1) is 10.2. The minimum Gasteiger partial charge on any atom is -0.393 e. The average molecular weight is 288 g/mol. The van der Waals surface area contributed by atoms with Crippen molar-refractivity contribution in [3.8, 4) is 0 Å². The number of benzene rings is 1. The minimum atomic E-state index is -0.254. The van der Waals surface area contributed by atoms with Crippen molar-refractivity contribution in [3.63, 3.8) is 0 Å². The van der Waals surface area contributed by atoms with E-state index in [9.17, 15) is 5.11 Å². The minimum absolute atomic E-state index is 0.0565. The predicted molar refractivity (Wildman–Crippen MR) is 87.3 cm³/mol. The molecule has 0 aliphatic carbocycles. The van der Waals surface area contributed by atoms with Crippen LogP contribution in [0, 0.1) is 5.92 Å². The topological polar surface area (TPSA) is 29.5 Å². The van der Waals surface area contributed by atoms with E-state index >= 15 is 0 Å². The number of hydrogen-bond acceptors (Lipinski definition) is 2. The van der Waals surface area contributed by atoms with Crippen LogP contribution in [0.2, 0.25) is 0 Å². The van der Waals surface area contributed by atoms with Crippen molar-refractivity contribution < 1.29 is 9.84 Å². The van der Waals surface area contributed by atoms with Gasteiger partial charge in [0.15, 0.2) is 0 Å². The molecular weight excluding hydrogens is 260 g/mol. The lowest BCUT2D eigenvalue weighted by molar-refractivity contribution is -0.113. The van der Waals surface area contributed by atoms with Crippen LogP contribution >= 0.6 is 0 Å². The second-order valence-corrected chi connectivity index (χ2v) is 6.13. The Labute approximate surface area is 128 Å². The quantitative estimate of drug-likeness (QED) is 0.798. The van der Waals surface area contributed by atoms with Crippen molar-refractivity contribution in [1.29, 1.82) is 0 Å². The molecule has 2 nitrogen and oxygen atoms in total. The first kappa shape index (κ1) is 16.3. The Kier molecular flexibility index (Phi) is 6.47. The number of aryl methyl sites for hydroxylation is 1. The van der Waals surface area contributed by atoms with E-state index in [0.29, 0.717) is 0 Å².